The monoisotopic (exact) mass is 300 g/mol. The summed E-state index contributed by atoms with van der Waals surface area (Å²) in [6, 6.07) is 0.939. The van der Waals surface area contributed by atoms with E-state index in [0.29, 0.717) is 23.9 Å². The van der Waals surface area contributed by atoms with Gasteiger partial charge in [-0.1, -0.05) is 6.92 Å². The second kappa shape index (κ2) is 5.90. The molecule has 22 heavy (non-hydrogen) atoms. The van der Waals surface area contributed by atoms with Crippen molar-refractivity contribution in [1.82, 2.24) is 19.3 Å². The predicted octanol–water partition coefficient (Wildman–Crippen LogP) is 4.54. The number of hydrogen-bond acceptors (Lipinski definition) is 2. The van der Waals surface area contributed by atoms with Gasteiger partial charge in [0.2, 0.25) is 0 Å². The average molecular weight is 300 g/mol. The maximum absolute atomic E-state index is 4.60. The van der Waals surface area contributed by atoms with Gasteiger partial charge in [0, 0.05) is 30.4 Å². The van der Waals surface area contributed by atoms with Crippen LogP contribution in [-0.2, 0) is 0 Å². The maximum Gasteiger partial charge on any atom is 0.0951 e. The molecule has 1 fully saturated rings. The molecule has 0 aromatic carbocycles. The van der Waals surface area contributed by atoms with Gasteiger partial charge < -0.3 is 4.57 Å². The first kappa shape index (κ1) is 15.3. The summed E-state index contributed by atoms with van der Waals surface area (Å²) in [5.74, 6) is 2.03. The van der Waals surface area contributed by atoms with Crippen molar-refractivity contribution in [2.45, 2.75) is 71.4 Å². The minimum absolute atomic E-state index is 0.439. The second-order valence-electron chi connectivity index (χ2n) is 7.43. The molecule has 1 saturated carbocycles. The van der Waals surface area contributed by atoms with E-state index in [4.69, 9.17) is 0 Å². The molecule has 120 valence electrons. The molecule has 2 heterocycles. The Morgan fingerprint density at radius 2 is 1.91 bits per heavy atom. The Kier molecular flexibility index (Phi) is 4.11. The van der Waals surface area contributed by atoms with Gasteiger partial charge >= 0.3 is 0 Å². The highest BCUT2D eigenvalue weighted by Crippen LogP contribution is 2.51. The maximum atomic E-state index is 4.60. The zero-order valence-electron chi connectivity index (χ0n) is 14.4. The van der Waals surface area contributed by atoms with Gasteiger partial charge in [0.25, 0.3) is 0 Å². The number of hydrogen-bond donors (Lipinski definition) is 0. The quantitative estimate of drug-likeness (QED) is 0.785. The van der Waals surface area contributed by atoms with Gasteiger partial charge in [-0.2, -0.15) is 5.10 Å². The van der Waals surface area contributed by atoms with Gasteiger partial charge in [-0.05, 0) is 57.9 Å². The Bertz CT molecular complexity index is 623. The van der Waals surface area contributed by atoms with Crippen LogP contribution in [0.1, 0.15) is 82.6 Å². The smallest absolute Gasteiger partial charge is 0.0951 e. The lowest BCUT2D eigenvalue weighted by Gasteiger charge is -2.09. The molecular weight excluding hydrogens is 272 g/mol. The second-order valence-corrected chi connectivity index (χ2v) is 7.43. The third kappa shape index (κ3) is 3.11. The van der Waals surface area contributed by atoms with E-state index < -0.39 is 0 Å². The molecule has 3 atom stereocenters. The summed E-state index contributed by atoms with van der Waals surface area (Å²) >= 11 is 0. The van der Waals surface area contributed by atoms with E-state index in [0.717, 1.165) is 5.92 Å². The van der Waals surface area contributed by atoms with Crippen molar-refractivity contribution in [2.75, 3.05) is 0 Å². The molecule has 3 rings (SSSR count). The van der Waals surface area contributed by atoms with Crippen LogP contribution in [0.3, 0.4) is 0 Å². The van der Waals surface area contributed by atoms with Gasteiger partial charge in [0.15, 0.2) is 0 Å². The molecule has 4 heteroatoms. The zero-order chi connectivity index (χ0) is 15.9. The molecule has 0 aliphatic heterocycles. The topological polar surface area (TPSA) is 35.6 Å². The predicted molar refractivity (Wildman–Crippen MR) is 89.1 cm³/mol. The van der Waals surface area contributed by atoms with Crippen LogP contribution in [0.5, 0.6) is 0 Å². The third-order valence-corrected chi connectivity index (χ3v) is 4.90. The SMILES string of the molecule is CC(CC1CC1c1cn(C(C)C)cn1)c1cnn(C(C)C)c1. The van der Waals surface area contributed by atoms with Crippen LogP contribution in [0, 0.1) is 5.92 Å². The Labute approximate surface area is 133 Å². The average Bonchev–Trinajstić information content (AvgIpc) is 2.95. The van der Waals surface area contributed by atoms with Crippen molar-refractivity contribution in [3.8, 4) is 0 Å². The van der Waals surface area contributed by atoms with Crippen molar-refractivity contribution < 1.29 is 0 Å². The fraction of sp³-hybridized carbons (Fsp3) is 0.667. The summed E-state index contributed by atoms with van der Waals surface area (Å²) in [4.78, 5) is 4.60. The lowest BCUT2D eigenvalue weighted by atomic mass is 9.97. The Morgan fingerprint density at radius 3 is 2.50 bits per heavy atom. The van der Waals surface area contributed by atoms with Crippen LogP contribution >= 0.6 is 0 Å². The van der Waals surface area contributed by atoms with Gasteiger partial charge in [-0.3, -0.25) is 4.68 Å². The number of nitrogens with zero attached hydrogens (tertiary/aromatic N) is 4. The highest BCUT2D eigenvalue weighted by atomic mass is 15.3. The molecule has 4 nitrogen and oxygen atoms in total. The standard InChI is InChI=1S/C18H28N4/c1-12(2)21-10-18(19-11-21)17-7-15(17)6-14(5)16-8-20-22(9-16)13(3)4/h8-15,17H,6-7H2,1-5H3. The summed E-state index contributed by atoms with van der Waals surface area (Å²) in [6.45, 7) is 11.1. The molecule has 0 N–H and O–H groups in total. The van der Waals surface area contributed by atoms with Crippen LogP contribution in [0.15, 0.2) is 24.9 Å². The fourth-order valence-electron chi connectivity index (χ4n) is 3.18. The summed E-state index contributed by atoms with van der Waals surface area (Å²) in [6.07, 6.45) is 11.0. The molecule has 0 bridgehead atoms. The number of aromatic nitrogens is 4. The van der Waals surface area contributed by atoms with Crippen molar-refractivity contribution in [1.29, 1.82) is 0 Å². The minimum atomic E-state index is 0.439. The van der Waals surface area contributed by atoms with E-state index in [1.807, 2.05) is 12.5 Å². The molecule has 2 aromatic heterocycles. The van der Waals surface area contributed by atoms with E-state index in [-0.39, 0.29) is 0 Å². The van der Waals surface area contributed by atoms with Crippen LogP contribution in [0.4, 0.5) is 0 Å². The van der Waals surface area contributed by atoms with Crippen LogP contribution in [0.25, 0.3) is 0 Å². The van der Waals surface area contributed by atoms with Crippen molar-refractivity contribution >= 4 is 0 Å². The lowest BCUT2D eigenvalue weighted by Crippen LogP contribution is -2.00. The van der Waals surface area contributed by atoms with Crippen molar-refractivity contribution in [3.05, 3.63) is 36.2 Å². The summed E-state index contributed by atoms with van der Waals surface area (Å²) in [5.41, 5.74) is 2.65. The van der Waals surface area contributed by atoms with E-state index in [1.165, 1.54) is 24.1 Å². The van der Waals surface area contributed by atoms with Crippen LogP contribution < -0.4 is 0 Å². The largest absolute Gasteiger partial charge is 0.335 e. The molecule has 0 amide bonds. The molecule has 0 saturated heterocycles. The van der Waals surface area contributed by atoms with E-state index in [2.05, 4.69) is 66.3 Å². The summed E-state index contributed by atoms with van der Waals surface area (Å²) in [7, 11) is 0. The molecule has 1 aliphatic carbocycles. The molecule has 1 aliphatic rings. The first-order valence-electron chi connectivity index (χ1n) is 8.53. The van der Waals surface area contributed by atoms with Crippen molar-refractivity contribution in [3.63, 3.8) is 0 Å². The highest BCUT2D eigenvalue weighted by molar-refractivity contribution is 5.18. The summed E-state index contributed by atoms with van der Waals surface area (Å²) < 4.78 is 4.27. The Balaban J connectivity index is 1.58. The van der Waals surface area contributed by atoms with Gasteiger partial charge in [0.1, 0.15) is 0 Å². The molecule has 2 aromatic rings. The van der Waals surface area contributed by atoms with E-state index in [9.17, 15) is 0 Å². The third-order valence-electron chi connectivity index (χ3n) is 4.90. The van der Waals surface area contributed by atoms with Gasteiger partial charge in [-0.25, -0.2) is 4.98 Å². The van der Waals surface area contributed by atoms with Gasteiger partial charge in [0.05, 0.1) is 18.2 Å². The highest BCUT2D eigenvalue weighted by Gasteiger charge is 2.40. The molecule has 3 unspecified atom stereocenters. The molecule has 0 radical (unpaired) electrons. The fourth-order valence-corrected chi connectivity index (χ4v) is 3.18. The Hall–Kier alpha value is -1.58. The van der Waals surface area contributed by atoms with Crippen LogP contribution in [-0.4, -0.2) is 19.3 Å². The zero-order valence-corrected chi connectivity index (χ0v) is 14.4. The number of rotatable bonds is 6. The first-order valence-corrected chi connectivity index (χ1v) is 8.53. The molecule has 0 spiro atoms. The first-order chi connectivity index (χ1) is 10.5. The normalized spacial score (nSPS) is 22.5. The molecular formula is C18H28N4. The minimum Gasteiger partial charge on any atom is -0.335 e. The van der Waals surface area contributed by atoms with E-state index >= 15 is 0 Å². The Morgan fingerprint density at radius 1 is 1.14 bits per heavy atom. The van der Waals surface area contributed by atoms with E-state index in [1.54, 1.807) is 0 Å². The van der Waals surface area contributed by atoms with Crippen molar-refractivity contribution in [2.24, 2.45) is 5.92 Å². The summed E-state index contributed by atoms with van der Waals surface area (Å²) in [5, 5.41) is 4.47. The van der Waals surface area contributed by atoms with Gasteiger partial charge in [-0.15, -0.1) is 0 Å². The van der Waals surface area contributed by atoms with Crippen LogP contribution in [0.2, 0.25) is 0 Å². The lowest BCUT2D eigenvalue weighted by molar-refractivity contribution is 0.530. The number of imidazole rings is 1.